The highest BCUT2D eigenvalue weighted by atomic mass is 32.2. The van der Waals surface area contributed by atoms with Gasteiger partial charge in [-0.3, -0.25) is 9.55 Å². The molecule has 3 aromatic rings. The Labute approximate surface area is 137 Å². The molecule has 1 fully saturated rings. The summed E-state index contributed by atoms with van der Waals surface area (Å²) in [5, 5.41) is 10.2. The van der Waals surface area contributed by atoms with E-state index in [-0.39, 0.29) is 17.0 Å². The van der Waals surface area contributed by atoms with Crippen LogP contribution in [0.15, 0.2) is 47.1 Å². The SMILES string of the molecule is O=S(=O)(Cc1ccccn1)c1nnc(-c2cccs2)n1C1CC1. The van der Waals surface area contributed by atoms with Crippen molar-refractivity contribution in [3.63, 3.8) is 0 Å². The number of nitrogens with zero attached hydrogens (tertiary/aromatic N) is 4. The van der Waals surface area contributed by atoms with Gasteiger partial charge in [-0.1, -0.05) is 12.1 Å². The second-order valence-electron chi connectivity index (χ2n) is 5.46. The molecule has 0 spiro atoms. The molecule has 0 aliphatic heterocycles. The molecule has 118 valence electrons. The molecule has 1 saturated carbocycles. The van der Waals surface area contributed by atoms with E-state index in [1.54, 1.807) is 29.0 Å². The van der Waals surface area contributed by atoms with Gasteiger partial charge in [0.05, 0.1) is 10.6 Å². The van der Waals surface area contributed by atoms with Crippen molar-refractivity contribution in [2.45, 2.75) is 29.8 Å². The van der Waals surface area contributed by atoms with Gasteiger partial charge in [-0.05, 0) is 36.4 Å². The molecule has 0 unspecified atom stereocenters. The summed E-state index contributed by atoms with van der Waals surface area (Å²) in [7, 11) is -3.59. The quantitative estimate of drug-likeness (QED) is 0.710. The van der Waals surface area contributed by atoms with Gasteiger partial charge in [0.25, 0.3) is 5.16 Å². The number of thiophene rings is 1. The Morgan fingerprint density at radius 3 is 2.70 bits per heavy atom. The summed E-state index contributed by atoms with van der Waals surface area (Å²) in [6.07, 6.45) is 3.51. The third-order valence-corrected chi connectivity index (χ3v) is 6.04. The minimum atomic E-state index is -3.59. The van der Waals surface area contributed by atoms with E-state index in [9.17, 15) is 8.42 Å². The molecule has 6 nitrogen and oxygen atoms in total. The first-order chi connectivity index (χ1) is 11.1. The number of aromatic nitrogens is 4. The average molecular weight is 346 g/mol. The molecule has 1 aliphatic carbocycles. The number of sulfone groups is 1. The van der Waals surface area contributed by atoms with Crippen LogP contribution in [-0.4, -0.2) is 28.2 Å². The Bertz CT molecular complexity index is 914. The molecule has 0 bridgehead atoms. The summed E-state index contributed by atoms with van der Waals surface area (Å²) < 4.78 is 27.3. The first-order valence-electron chi connectivity index (χ1n) is 7.26. The molecule has 8 heteroatoms. The van der Waals surface area contributed by atoms with Crippen LogP contribution in [0.25, 0.3) is 10.7 Å². The van der Waals surface area contributed by atoms with Crippen molar-refractivity contribution in [3.8, 4) is 10.7 Å². The van der Waals surface area contributed by atoms with Crippen molar-refractivity contribution in [2.24, 2.45) is 0 Å². The molecule has 0 radical (unpaired) electrons. The first-order valence-corrected chi connectivity index (χ1v) is 9.80. The maximum absolute atomic E-state index is 12.8. The zero-order valence-corrected chi connectivity index (χ0v) is 13.8. The Morgan fingerprint density at radius 2 is 2.04 bits per heavy atom. The second-order valence-corrected chi connectivity index (χ2v) is 8.30. The van der Waals surface area contributed by atoms with E-state index in [1.165, 1.54) is 11.3 Å². The van der Waals surface area contributed by atoms with Crippen LogP contribution < -0.4 is 0 Å². The fraction of sp³-hybridized carbons (Fsp3) is 0.267. The lowest BCUT2D eigenvalue weighted by molar-refractivity contribution is 0.564. The summed E-state index contributed by atoms with van der Waals surface area (Å²) in [5.74, 6) is 0.477. The number of hydrogen-bond donors (Lipinski definition) is 0. The molecule has 1 aliphatic rings. The van der Waals surface area contributed by atoms with Gasteiger partial charge < -0.3 is 0 Å². The van der Waals surface area contributed by atoms with E-state index in [2.05, 4.69) is 15.2 Å². The zero-order chi connectivity index (χ0) is 15.9. The minimum absolute atomic E-state index is 0.0500. The van der Waals surface area contributed by atoms with E-state index < -0.39 is 9.84 Å². The Hall–Kier alpha value is -2.06. The molecule has 0 aromatic carbocycles. The predicted molar refractivity (Wildman–Crippen MR) is 86.7 cm³/mol. The van der Waals surface area contributed by atoms with Gasteiger partial charge in [0.1, 0.15) is 5.75 Å². The van der Waals surface area contributed by atoms with E-state index in [1.807, 2.05) is 17.5 Å². The van der Waals surface area contributed by atoms with Gasteiger partial charge in [0.15, 0.2) is 5.82 Å². The Balaban J connectivity index is 1.77. The summed E-state index contributed by atoms with van der Waals surface area (Å²) in [5.41, 5.74) is 0.510. The maximum Gasteiger partial charge on any atom is 0.250 e. The molecule has 4 rings (SSSR count). The lowest BCUT2D eigenvalue weighted by Gasteiger charge is -2.08. The van der Waals surface area contributed by atoms with Gasteiger partial charge in [-0.25, -0.2) is 8.42 Å². The van der Waals surface area contributed by atoms with Crippen molar-refractivity contribution < 1.29 is 8.42 Å². The summed E-state index contributed by atoms with van der Waals surface area (Å²) in [4.78, 5) is 5.04. The smallest absolute Gasteiger partial charge is 0.250 e. The Kier molecular flexibility index (Phi) is 3.50. The molecule has 0 amide bonds. The van der Waals surface area contributed by atoms with Crippen molar-refractivity contribution in [3.05, 3.63) is 47.6 Å². The molecular formula is C15H14N4O2S2. The van der Waals surface area contributed by atoms with Crippen LogP contribution in [0.2, 0.25) is 0 Å². The number of hydrogen-bond acceptors (Lipinski definition) is 6. The maximum atomic E-state index is 12.8. The monoisotopic (exact) mass is 346 g/mol. The fourth-order valence-corrected chi connectivity index (χ4v) is 4.56. The van der Waals surface area contributed by atoms with Gasteiger partial charge in [-0.15, -0.1) is 21.5 Å². The standard InChI is InChI=1S/C15H14N4O2S2/c20-23(21,10-11-4-1-2-8-16-11)15-18-17-14(13-5-3-9-22-13)19(15)12-6-7-12/h1-5,8-9,12H,6-7,10H2. The van der Waals surface area contributed by atoms with E-state index in [0.717, 1.165) is 17.7 Å². The highest BCUT2D eigenvalue weighted by molar-refractivity contribution is 7.90. The molecule has 23 heavy (non-hydrogen) atoms. The van der Waals surface area contributed by atoms with Gasteiger partial charge in [-0.2, -0.15) is 0 Å². The largest absolute Gasteiger partial charge is 0.294 e. The molecule has 3 heterocycles. The van der Waals surface area contributed by atoms with Crippen molar-refractivity contribution in [1.29, 1.82) is 0 Å². The lowest BCUT2D eigenvalue weighted by Crippen LogP contribution is -2.13. The van der Waals surface area contributed by atoms with Crippen LogP contribution in [0.1, 0.15) is 24.6 Å². The molecule has 3 aromatic heterocycles. The molecule has 0 N–H and O–H groups in total. The summed E-state index contributed by atoms with van der Waals surface area (Å²) >= 11 is 1.53. The number of pyridine rings is 1. The minimum Gasteiger partial charge on any atom is -0.294 e. The normalized spacial score (nSPS) is 15.0. The summed E-state index contributed by atoms with van der Waals surface area (Å²) in [6, 6.07) is 9.28. The fourth-order valence-electron chi connectivity index (χ4n) is 2.47. The van der Waals surface area contributed by atoms with Crippen LogP contribution in [0.4, 0.5) is 0 Å². The Morgan fingerprint density at radius 1 is 1.17 bits per heavy atom. The van der Waals surface area contributed by atoms with Gasteiger partial charge >= 0.3 is 0 Å². The van der Waals surface area contributed by atoms with Gasteiger partial charge in [0, 0.05) is 12.2 Å². The zero-order valence-electron chi connectivity index (χ0n) is 12.2. The van der Waals surface area contributed by atoms with Crippen LogP contribution in [0, 0.1) is 0 Å². The lowest BCUT2D eigenvalue weighted by atomic mass is 10.4. The van der Waals surface area contributed by atoms with Crippen LogP contribution in [0.5, 0.6) is 0 Å². The van der Waals surface area contributed by atoms with Gasteiger partial charge in [0.2, 0.25) is 9.84 Å². The molecular weight excluding hydrogens is 332 g/mol. The first kappa shape index (κ1) is 14.5. The van der Waals surface area contributed by atoms with Crippen molar-refractivity contribution in [2.75, 3.05) is 0 Å². The highest BCUT2D eigenvalue weighted by Gasteiger charge is 2.35. The predicted octanol–water partition coefficient (Wildman–Crippen LogP) is 2.71. The highest BCUT2D eigenvalue weighted by Crippen LogP contribution is 2.41. The average Bonchev–Trinajstić information content (AvgIpc) is 3.05. The summed E-state index contributed by atoms with van der Waals surface area (Å²) in [6.45, 7) is 0. The van der Waals surface area contributed by atoms with Crippen molar-refractivity contribution >= 4 is 21.2 Å². The van der Waals surface area contributed by atoms with Crippen molar-refractivity contribution in [1.82, 2.24) is 19.7 Å². The second kappa shape index (κ2) is 5.54. The van der Waals surface area contributed by atoms with Crippen LogP contribution in [-0.2, 0) is 15.6 Å². The van der Waals surface area contributed by atoms with E-state index in [4.69, 9.17) is 0 Å². The molecule has 0 atom stereocenters. The number of rotatable bonds is 5. The van der Waals surface area contributed by atoms with E-state index in [0.29, 0.717) is 11.5 Å². The third kappa shape index (κ3) is 2.79. The molecule has 0 saturated heterocycles. The third-order valence-electron chi connectivity index (χ3n) is 3.66. The van der Waals surface area contributed by atoms with E-state index >= 15 is 0 Å². The van der Waals surface area contributed by atoms with Crippen LogP contribution >= 0.6 is 11.3 Å². The van der Waals surface area contributed by atoms with Crippen LogP contribution in [0.3, 0.4) is 0 Å². The topological polar surface area (TPSA) is 77.7 Å².